The highest BCUT2D eigenvalue weighted by Gasteiger charge is 1.85. The average Bonchev–Trinajstić information content (AvgIpc) is 2.03. The van der Waals surface area contributed by atoms with E-state index in [2.05, 4.69) is 14.8 Å². The molecule has 80 valence electrons. The molecule has 0 aliphatic heterocycles. The first kappa shape index (κ1) is 14.8. The van der Waals surface area contributed by atoms with Crippen LogP contribution in [0.4, 0.5) is 0 Å². The first-order valence-corrected chi connectivity index (χ1v) is 3.47. The molecule has 0 aromatic carbocycles. The summed E-state index contributed by atoms with van der Waals surface area (Å²) in [7, 11) is 0. The van der Waals surface area contributed by atoms with Crippen LogP contribution in [0.5, 0.6) is 0 Å². The van der Waals surface area contributed by atoms with Crippen molar-refractivity contribution in [2.45, 2.75) is 6.92 Å². The van der Waals surface area contributed by atoms with Gasteiger partial charge >= 0.3 is 0 Å². The predicted molar refractivity (Wildman–Crippen MR) is 40.5 cm³/mol. The smallest absolute Gasteiger partial charge is 0.300 e. The van der Waals surface area contributed by atoms with Gasteiger partial charge in [-0.2, -0.15) is 0 Å². The largest absolute Gasteiger partial charge is 0.481 e. The minimum atomic E-state index is -0.833. The van der Waals surface area contributed by atoms with Gasteiger partial charge in [-0.3, -0.25) is 4.79 Å². The molecule has 0 aliphatic rings. The fourth-order valence-corrected chi connectivity index (χ4v) is 0.177. The second-order valence-electron chi connectivity index (χ2n) is 1.68. The standard InChI is InChI=1S/C4H10O5.C2H4O2/c5-1-3-7-9-8-4-2-6;1-2(3)4/h5-6H,1-4H2;1H3,(H,3,4). The number of carboxylic acids is 1. The number of aliphatic hydroxyl groups is 2. The summed E-state index contributed by atoms with van der Waals surface area (Å²) >= 11 is 0. The lowest BCUT2D eigenvalue weighted by Gasteiger charge is -1.98. The number of carbonyl (C=O) groups is 1. The summed E-state index contributed by atoms with van der Waals surface area (Å²) in [5.74, 6) is -0.833. The Balaban J connectivity index is 0. The van der Waals surface area contributed by atoms with E-state index in [1.807, 2.05) is 0 Å². The molecular formula is C6H14O7. The Bertz CT molecular complexity index is 95.2. The van der Waals surface area contributed by atoms with Gasteiger partial charge in [0.25, 0.3) is 5.97 Å². The van der Waals surface area contributed by atoms with Gasteiger partial charge in [-0.1, -0.05) is 5.04 Å². The summed E-state index contributed by atoms with van der Waals surface area (Å²) < 4.78 is 0. The lowest BCUT2D eigenvalue weighted by molar-refractivity contribution is -0.513. The molecule has 0 unspecified atom stereocenters. The van der Waals surface area contributed by atoms with Crippen LogP contribution in [0.1, 0.15) is 6.92 Å². The number of aliphatic carboxylic acids is 1. The van der Waals surface area contributed by atoms with Gasteiger partial charge in [0, 0.05) is 6.92 Å². The Morgan fingerprint density at radius 2 is 1.46 bits per heavy atom. The Morgan fingerprint density at radius 3 is 1.69 bits per heavy atom. The topological polar surface area (TPSA) is 105 Å². The van der Waals surface area contributed by atoms with Crippen molar-refractivity contribution in [1.29, 1.82) is 0 Å². The van der Waals surface area contributed by atoms with Crippen LogP contribution < -0.4 is 0 Å². The van der Waals surface area contributed by atoms with E-state index in [0.29, 0.717) is 0 Å². The van der Waals surface area contributed by atoms with Crippen LogP contribution in [-0.4, -0.2) is 47.7 Å². The van der Waals surface area contributed by atoms with Crippen molar-refractivity contribution in [3.05, 3.63) is 0 Å². The SMILES string of the molecule is CC(=O)O.OCCOOOCCO. The molecule has 0 fully saturated rings. The van der Waals surface area contributed by atoms with E-state index in [0.717, 1.165) is 6.92 Å². The monoisotopic (exact) mass is 198 g/mol. The molecular weight excluding hydrogens is 184 g/mol. The molecule has 0 heterocycles. The lowest BCUT2D eigenvalue weighted by atomic mass is 10.8. The van der Waals surface area contributed by atoms with Gasteiger partial charge in [0.15, 0.2) is 0 Å². The molecule has 0 radical (unpaired) electrons. The van der Waals surface area contributed by atoms with Crippen LogP contribution in [0, 0.1) is 0 Å². The summed E-state index contributed by atoms with van der Waals surface area (Å²) in [5, 5.41) is 27.6. The quantitative estimate of drug-likeness (QED) is 0.284. The highest BCUT2D eigenvalue weighted by Crippen LogP contribution is 1.78. The Morgan fingerprint density at radius 1 is 1.15 bits per heavy atom. The van der Waals surface area contributed by atoms with Gasteiger partial charge in [-0.05, 0) is 0 Å². The molecule has 0 aromatic heterocycles. The maximum Gasteiger partial charge on any atom is 0.300 e. The normalized spacial score (nSPS) is 8.85. The second-order valence-corrected chi connectivity index (χ2v) is 1.68. The maximum atomic E-state index is 9.00. The van der Waals surface area contributed by atoms with Crippen molar-refractivity contribution in [2.75, 3.05) is 26.4 Å². The van der Waals surface area contributed by atoms with Crippen LogP contribution in [0.2, 0.25) is 0 Å². The van der Waals surface area contributed by atoms with Crippen LogP contribution in [0.15, 0.2) is 0 Å². The van der Waals surface area contributed by atoms with Crippen molar-refractivity contribution in [3.63, 3.8) is 0 Å². The van der Waals surface area contributed by atoms with Crippen LogP contribution in [0.25, 0.3) is 0 Å². The van der Waals surface area contributed by atoms with Gasteiger partial charge in [-0.25, -0.2) is 9.78 Å². The molecule has 0 spiro atoms. The third-order valence-electron chi connectivity index (χ3n) is 0.445. The third kappa shape index (κ3) is 34.9. The van der Waals surface area contributed by atoms with E-state index in [4.69, 9.17) is 20.1 Å². The first-order chi connectivity index (χ1) is 6.15. The van der Waals surface area contributed by atoms with Crippen molar-refractivity contribution < 1.29 is 34.9 Å². The van der Waals surface area contributed by atoms with Crippen molar-refractivity contribution in [2.24, 2.45) is 0 Å². The van der Waals surface area contributed by atoms with Crippen molar-refractivity contribution in [3.8, 4) is 0 Å². The molecule has 0 amide bonds. The summed E-state index contributed by atoms with van der Waals surface area (Å²) in [6, 6.07) is 0. The molecule has 3 N–H and O–H groups in total. The molecule has 0 aliphatic carbocycles. The van der Waals surface area contributed by atoms with Gasteiger partial charge in [0.05, 0.1) is 13.2 Å². The van der Waals surface area contributed by atoms with Gasteiger partial charge in [-0.15, -0.1) is 0 Å². The second kappa shape index (κ2) is 13.8. The molecule has 0 bridgehead atoms. The number of rotatable bonds is 6. The Labute approximate surface area is 75.3 Å². The number of carboxylic acid groups (broad SMARTS) is 1. The molecule has 7 heteroatoms. The van der Waals surface area contributed by atoms with Crippen LogP contribution >= 0.6 is 0 Å². The molecule has 0 atom stereocenters. The van der Waals surface area contributed by atoms with E-state index >= 15 is 0 Å². The van der Waals surface area contributed by atoms with Crippen LogP contribution in [0.3, 0.4) is 0 Å². The fraction of sp³-hybridized carbons (Fsp3) is 0.833. The van der Waals surface area contributed by atoms with Crippen LogP contribution in [-0.2, 0) is 19.6 Å². The zero-order chi connectivity index (χ0) is 10.5. The van der Waals surface area contributed by atoms with E-state index in [1.54, 1.807) is 0 Å². The summed E-state index contributed by atoms with van der Waals surface area (Å²) in [5.41, 5.74) is 0. The first-order valence-electron chi connectivity index (χ1n) is 3.47. The molecule has 13 heavy (non-hydrogen) atoms. The van der Waals surface area contributed by atoms with Gasteiger partial charge < -0.3 is 15.3 Å². The van der Waals surface area contributed by atoms with Crippen molar-refractivity contribution >= 4 is 5.97 Å². The third-order valence-corrected chi connectivity index (χ3v) is 0.445. The molecule has 0 saturated carbocycles. The van der Waals surface area contributed by atoms with E-state index < -0.39 is 5.97 Å². The Kier molecular flexibility index (Phi) is 15.7. The van der Waals surface area contributed by atoms with E-state index in [-0.39, 0.29) is 26.4 Å². The highest BCUT2D eigenvalue weighted by atomic mass is 17.5. The Hall–Kier alpha value is -0.730. The lowest BCUT2D eigenvalue weighted by Crippen LogP contribution is -2.04. The molecule has 0 saturated heterocycles. The average molecular weight is 198 g/mol. The van der Waals surface area contributed by atoms with Gasteiger partial charge in [0.1, 0.15) is 13.2 Å². The molecule has 0 rings (SSSR count). The number of hydrogen-bond acceptors (Lipinski definition) is 6. The predicted octanol–water partition coefficient (Wildman–Crippen LogP) is -1.06. The molecule has 7 nitrogen and oxygen atoms in total. The number of aliphatic hydroxyl groups excluding tert-OH is 2. The van der Waals surface area contributed by atoms with Gasteiger partial charge in [0.2, 0.25) is 0 Å². The summed E-state index contributed by atoms with van der Waals surface area (Å²) in [6.45, 7) is 0.960. The van der Waals surface area contributed by atoms with Crippen molar-refractivity contribution in [1.82, 2.24) is 0 Å². The molecule has 0 aromatic rings. The van der Waals surface area contributed by atoms with E-state index in [9.17, 15) is 0 Å². The minimum Gasteiger partial charge on any atom is -0.481 e. The zero-order valence-electron chi connectivity index (χ0n) is 7.30. The fourth-order valence-electron chi connectivity index (χ4n) is 0.177. The maximum absolute atomic E-state index is 9.00. The van der Waals surface area contributed by atoms with E-state index in [1.165, 1.54) is 0 Å². The number of hydrogen-bond donors (Lipinski definition) is 3. The minimum absolute atomic E-state index is 0.0609. The summed E-state index contributed by atoms with van der Waals surface area (Å²) in [6.07, 6.45) is 0. The summed E-state index contributed by atoms with van der Waals surface area (Å²) in [4.78, 5) is 17.4. The zero-order valence-corrected chi connectivity index (χ0v) is 7.30. The highest BCUT2D eigenvalue weighted by molar-refractivity contribution is 5.62.